The Kier molecular flexibility index (Phi) is 9.24. The van der Waals surface area contributed by atoms with Crippen molar-refractivity contribution in [3.8, 4) is 0 Å². The topological polar surface area (TPSA) is 143 Å². The van der Waals surface area contributed by atoms with E-state index in [1.165, 1.54) is 12.2 Å². The van der Waals surface area contributed by atoms with Crippen LogP contribution in [0.4, 0.5) is 9.59 Å². The second kappa shape index (κ2) is 10.6. The third-order valence-corrected chi connectivity index (χ3v) is 2.06. The second-order valence-corrected chi connectivity index (χ2v) is 3.52. The number of hydrogen-bond acceptors (Lipinski definition) is 6. The molecule has 0 aromatic carbocycles. The molecule has 0 aromatic heterocycles. The lowest BCUT2D eigenvalue weighted by molar-refractivity contribution is 0.228. The van der Waals surface area contributed by atoms with Crippen LogP contribution in [0.3, 0.4) is 0 Å². The van der Waals surface area contributed by atoms with Gasteiger partial charge in [-0.1, -0.05) is 6.42 Å². The van der Waals surface area contributed by atoms with Crippen LogP contribution < -0.4 is 16.4 Å². The molecule has 4 N–H and O–H groups in total. The third-order valence-electron chi connectivity index (χ3n) is 2.06. The highest BCUT2D eigenvalue weighted by Crippen LogP contribution is 2.04. The maximum Gasteiger partial charge on any atom is 0.324 e. The average Bonchev–Trinajstić information content (AvgIpc) is 2.32. The first-order chi connectivity index (χ1) is 9.10. The summed E-state index contributed by atoms with van der Waals surface area (Å²) in [4.78, 5) is 48.3. The van der Waals surface area contributed by atoms with Crippen molar-refractivity contribution in [3.05, 3.63) is 0 Å². The zero-order valence-electron chi connectivity index (χ0n) is 10.2. The molecule has 0 aliphatic heterocycles. The fourth-order valence-corrected chi connectivity index (χ4v) is 1.28. The molecule has 0 fully saturated rings. The lowest BCUT2D eigenvalue weighted by Crippen LogP contribution is -2.45. The minimum atomic E-state index is -1.00. The molecule has 0 aromatic rings. The fourth-order valence-electron chi connectivity index (χ4n) is 1.28. The van der Waals surface area contributed by atoms with Crippen molar-refractivity contribution in [1.82, 2.24) is 10.6 Å². The minimum Gasteiger partial charge on any atom is -0.351 e. The van der Waals surface area contributed by atoms with Gasteiger partial charge in [0.05, 0.1) is 6.54 Å². The molecule has 1 unspecified atom stereocenters. The molecule has 0 aliphatic rings. The van der Waals surface area contributed by atoms with Crippen molar-refractivity contribution in [3.63, 3.8) is 0 Å². The number of nitrogens with two attached hydrogens (primary N) is 1. The van der Waals surface area contributed by atoms with E-state index in [1.54, 1.807) is 5.32 Å². The van der Waals surface area contributed by atoms with Crippen molar-refractivity contribution in [2.24, 2.45) is 15.7 Å². The van der Waals surface area contributed by atoms with Gasteiger partial charge in [0.2, 0.25) is 12.2 Å². The van der Waals surface area contributed by atoms with E-state index < -0.39 is 18.2 Å². The SMILES string of the molecule is NC(=O)NC(=O)NC(CCCCCN=C=O)N=C=O. The number of unbranched alkanes of at least 4 members (excludes halogenated alkanes) is 2. The quantitative estimate of drug-likeness (QED) is 0.321. The van der Waals surface area contributed by atoms with Crippen LogP contribution in [0.2, 0.25) is 0 Å². The number of amides is 4. The Labute approximate surface area is 109 Å². The second-order valence-electron chi connectivity index (χ2n) is 3.52. The van der Waals surface area contributed by atoms with Crippen molar-refractivity contribution >= 4 is 24.2 Å². The number of imide groups is 1. The van der Waals surface area contributed by atoms with E-state index in [-0.39, 0.29) is 0 Å². The van der Waals surface area contributed by atoms with Crippen LogP contribution in [-0.4, -0.2) is 36.9 Å². The molecule has 0 saturated heterocycles. The highest BCUT2D eigenvalue weighted by Gasteiger charge is 2.11. The molecule has 19 heavy (non-hydrogen) atoms. The summed E-state index contributed by atoms with van der Waals surface area (Å²) in [5.41, 5.74) is 4.75. The number of rotatable bonds is 8. The zero-order valence-corrected chi connectivity index (χ0v) is 10.2. The minimum absolute atomic E-state index is 0.390. The van der Waals surface area contributed by atoms with Gasteiger partial charge in [0.15, 0.2) is 0 Å². The first-order valence-electron chi connectivity index (χ1n) is 5.57. The van der Waals surface area contributed by atoms with Crippen LogP contribution in [0.25, 0.3) is 0 Å². The van der Waals surface area contributed by atoms with E-state index in [2.05, 4.69) is 15.3 Å². The zero-order chi connectivity index (χ0) is 14.5. The van der Waals surface area contributed by atoms with Gasteiger partial charge in [0.25, 0.3) is 0 Å². The average molecular weight is 269 g/mol. The van der Waals surface area contributed by atoms with Crippen molar-refractivity contribution in [1.29, 1.82) is 0 Å². The summed E-state index contributed by atoms with van der Waals surface area (Å²) >= 11 is 0. The van der Waals surface area contributed by atoms with Crippen LogP contribution in [0.5, 0.6) is 0 Å². The van der Waals surface area contributed by atoms with Crippen molar-refractivity contribution in [2.45, 2.75) is 31.8 Å². The largest absolute Gasteiger partial charge is 0.351 e. The smallest absolute Gasteiger partial charge is 0.324 e. The number of urea groups is 2. The number of aliphatic imine (C=N–C) groups is 2. The summed E-state index contributed by atoms with van der Waals surface area (Å²) in [6.45, 7) is 0.390. The van der Waals surface area contributed by atoms with Crippen LogP contribution >= 0.6 is 0 Å². The summed E-state index contributed by atoms with van der Waals surface area (Å²) in [5.74, 6) is 0. The molecule has 104 valence electrons. The monoisotopic (exact) mass is 269 g/mol. The van der Waals surface area contributed by atoms with Gasteiger partial charge in [-0.05, 0) is 19.3 Å². The molecule has 9 heteroatoms. The van der Waals surface area contributed by atoms with E-state index in [4.69, 9.17) is 5.73 Å². The van der Waals surface area contributed by atoms with E-state index in [1.807, 2.05) is 0 Å². The molecule has 0 radical (unpaired) electrons. The van der Waals surface area contributed by atoms with E-state index in [9.17, 15) is 19.2 Å². The van der Waals surface area contributed by atoms with Gasteiger partial charge in [0, 0.05) is 0 Å². The summed E-state index contributed by atoms with van der Waals surface area (Å²) in [5, 5.41) is 4.08. The van der Waals surface area contributed by atoms with Gasteiger partial charge < -0.3 is 11.1 Å². The Hall–Kier alpha value is -2.50. The van der Waals surface area contributed by atoms with Gasteiger partial charge in [-0.3, -0.25) is 5.32 Å². The Morgan fingerprint density at radius 3 is 2.47 bits per heavy atom. The number of isocyanates is 2. The van der Waals surface area contributed by atoms with Crippen LogP contribution in [0, 0.1) is 0 Å². The Morgan fingerprint density at radius 1 is 1.16 bits per heavy atom. The Morgan fingerprint density at radius 2 is 1.89 bits per heavy atom. The molecule has 0 spiro atoms. The molecule has 0 rings (SSSR count). The highest BCUT2D eigenvalue weighted by atomic mass is 16.2. The first-order valence-corrected chi connectivity index (χ1v) is 5.57. The number of primary amides is 1. The van der Waals surface area contributed by atoms with Gasteiger partial charge >= 0.3 is 12.1 Å². The Bertz CT molecular complexity index is 399. The first kappa shape index (κ1) is 16.5. The molecular formula is C10H15N5O4. The molecule has 1 atom stereocenters. The normalized spacial score (nSPS) is 10.5. The number of hydrogen-bond donors (Lipinski definition) is 3. The van der Waals surface area contributed by atoms with Gasteiger partial charge in [0.1, 0.15) is 6.17 Å². The molecule has 0 bridgehead atoms. The number of carbonyl (C=O) groups excluding carboxylic acids is 4. The van der Waals surface area contributed by atoms with Gasteiger partial charge in [-0.15, -0.1) is 0 Å². The summed E-state index contributed by atoms with van der Waals surface area (Å²) in [7, 11) is 0. The maximum atomic E-state index is 11.1. The molecule has 9 nitrogen and oxygen atoms in total. The number of carbonyl (C=O) groups is 2. The fraction of sp³-hybridized carbons (Fsp3) is 0.600. The molecule has 0 heterocycles. The number of nitrogens with one attached hydrogen (secondary N) is 2. The number of nitrogens with zero attached hydrogens (tertiary/aromatic N) is 2. The maximum absolute atomic E-state index is 11.1. The standard InChI is InChI=1S/C10H15N5O4/c11-9(18)15-10(19)14-8(13-7-17)4-2-1-3-5-12-6-16/h8H,1-5H2,(H4,11,14,15,18,19). The van der Waals surface area contributed by atoms with Crippen molar-refractivity contribution in [2.75, 3.05) is 6.54 Å². The molecular weight excluding hydrogens is 254 g/mol. The molecule has 0 aliphatic carbocycles. The summed E-state index contributed by atoms with van der Waals surface area (Å²) < 4.78 is 0. The lowest BCUT2D eigenvalue weighted by Gasteiger charge is -2.12. The van der Waals surface area contributed by atoms with Gasteiger partial charge in [-0.2, -0.15) is 4.99 Å². The van der Waals surface area contributed by atoms with E-state index in [0.29, 0.717) is 25.8 Å². The summed E-state index contributed by atoms with van der Waals surface area (Å²) in [6, 6.07) is -1.83. The highest BCUT2D eigenvalue weighted by molar-refractivity contribution is 5.92. The Balaban J connectivity index is 3.98. The third kappa shape index (κ3) is 10.4. The van der Waals surface area contributed by atoms with Gasteiger partial charge in [-0.25, -0.2) is 24.2 Å². The van der Waals surface area contributed by atoms with E-state index in [0.717, 1.165) is 6.42 Å². The lowest BCUT2D eigenvalue weighted by atomic mass is 10.1. The van der Waals surface area contributed by atoms with E-state index >= 15 is 0 Å². The van der Waals surface area contributed by atoms with Crippen LogP contribution in [-0.2, 0) is 9.59 Å². The summed E-state index contributed by atoms with van der Waals surface area (Å²) in [6.07, 6.45) is 4.48. The van der Waals surface area contributed by atoms with Crippen LogP contribution in [0.1, 0.15) is 25.7 Å². The molecule has 0 saturated carbocycles. The predicted molar refractivity (Wildman–Crippen MR) is 64.6 cm³/mol. The van der Waals surface area contributed by atoms with Crippen molar-refractivity contribution < 1.29 is 19.2 Å². The molecule has 4 amide bonds. The van der Waals surface area contributed by atoms with Crippen LogP contribution in [0.15, 0.2) is 9.98 Å². The predicted octanol–water partition coefficient (Wildman–Crippen LogP) is -0.0776.